The molecule has 0 aromatic carbocycles. The maximum Gasteiger partial charge on any atom is 0.337 e. The van der Waals surface area contributed by atoms with E-state index in [4.69, 9.17) is 0 Å². The average Bonchev–Trinajstić information content (AvgIpc) is 2.60. The molecule has 0 bridgehead atoms. The van der Waals surface area contributed by atoms with Crippen molar-refractivity contribution < 1.29 is 4.92 Å². The minimum absolute atomic E-state index is 0.250. The number of rotatable bonds is 2. The number of H-pyrrole nitrogens is 1. The summed E-state index contributed by atoms with van der Waals surface area (Å²) in [7, 11) is 0. The maximum absolute atomic E-state index is 11.5. The van der Waals surface area contributed by atoms with Gasteiger partial charge >= 0.3 is 5.69 Å². The molecule has 0 fully saturated rings. The number of aromatic nitrogens is 3. The lowest BCUT2D eigenvalue weighted by molar-refractivity contribution is -0.387. The van der Waals surface area contributed by atoms with Crippen molar-refractivity contribution >= 4 is 23.1 Å². The summed E-state index contributed by atoms with van der Waals surface area (Å²) in [5.74, 6) is 0. The standard InChI is InChI=1S/C8H8N4O3S/c1-4-7(12(14)15)5(13)3-6-9-8(16-2)10-11(4)6/h3H,1-2H3,(H,9,10). The van der Waals surface area contributed by atoms with E-state index in [1.54, 1.807) is 0 Å². The largest absolute Gasteiger partial charge is 0.337 e. The van der Waals surface area contributed by atoms with Gasteiger partial charge in [0.2, 0.25) is 0 Å². The molecule has 0 aliphatic rings. The number of pyridine rings is 1. The van der Waals surface area contributed by atoms with E-state index in [0.717, 1.165) is 6.07 Å². The summed E-state index contributed by atoms with van der Waals surface area (Å²) < 4.78 is 1.44. The molecule has 0 aliphatic heterocycles. The quantitative estimate of drug-likeness (QED) is 0.479. The highest BCUT2D eigenvalue weighted by Gasteiger charge is 2.20. The second-order valence-corrected chi connectivity index (χ2v) is 3.92. The highest BCUT2D eigenvalue weighted by molar-refractivity contribution is 7.98. The van der Waals surface area contributed by atoms with Crippen molar-refractivity contribution in [3.05, 3.63) is 32.1 Å². The molecule has 8 heteroatoms. The fraction of sp³-hybridized carbons (Fsp3) is 0.250. The lowest BCUT2D eigenvalue weighted by Gasteiger charge is -1.98. The van der Waals surface area contributed by atoms with Crippen LogP contribution in [0.1, 0.15) is 5.69 Å². The van der Waals surface area contributed by atoms with Gasteiger partial charge < -0.3 is 0 Å². The van der Waals surface area contributed by atoms with Crippen LogP contribution in [0.4, 0.5) is 5.69 Å². The Morgan fingerprint density at radius 1 is 1.62 bits per heavy atom. The molecule has 0 aliphatic carbocycles. The first kappa shape index (κ1) is 10.7. The van der Waals surface area contributed by atoms with E-state index in [1.807, 2.05) is 6.26 Å². The van der Waals surface area contributed by atoms with Gasteiger partial charge in [-0.1, -0.05) is 11.8 Å². The normalized spacial score (nSPS) is 10.9. The minimum atomic E-state index is -0.677. The summed E-state index contributed by atoms with van der Waals surface area (Å²) in [6.07, 6.45) is 1.82. The van der Waals surface area contributed by atoms with Gasteiger partial charge in [0.05, 0.1) is 4.92 Å². The van der Waals surface area contributed by atoms with Gasteiger partial charge in [0, 0.05) is 6.07 Å². The molecule has 84 valence electrons. The van der Waals surface area contributed by atoms with Crippen molar-refractivity contribution in [1.82, 2.24) is 14.6 Å². The zero-order valence-electron chi connectivity index (χ0n) is 8.55. The second-order valence-electron chi connectivity index (χ2n) is 3.13. The lowest BCUT2D eigenvalue weighted by atomic mass is 10.3. The van der Waals surface area contributed by atoms with Crippen LogP contribution in [-0.2, 0) is 0 Å². The Balaban J connectivity index is 2.86. The van der Waals surface area contributed by atoms with Crippen molar-refractivity contribution in [2.75, 3.05) is 6.26 Å². The van der Waals surface area contributed by atoms with Gasteiger partial charge in [-0.15, -0.1) is 0 Å². The number of nitrogens with zero attached hydrogens (tertiary/aromatic N) is 3. The molecule has 2 rings (SSSR count). The van der Waals surface area contributed by atoms with Crippen LogP contribution in [0.25, 0.3) is 5.65 Å². The van der Waals surface area contributed by atoms with Gasteiger partial charge in [-0.3, -0.25) is 20.0 Å². The number of thioether (sulfide) groups is 1. The molecule has 0 saturated heterocycles. The van der Waals surface area contributed by atoms with Gasteiger partial charge in [-0.05, 0) is 13.2 Å². The number of aryl methyl sites for hydroxylation is 1. The van der Waals surface area contributed by atoms with Crippen LogP contribution in [0, 0.1) is 17.0 Å². The van der Waals surface area contributed by atoms with E-state index in [1.165, 1.54) is 23.2 Å². The van der Waals surface area contributed by atoms with Gasteiger partial charge in [-0.25, -0.2) is 9.50 Å². The smallest absolute Gasteiger partial charge is 0.282 e. The third-order valence-corrected chi connectivity index (χ3v) is 2.77. The van der Waals surface area contributed by atoms with Crippen LogP contribution in [0.5, 0.6) is 0 Å². The molecule has 0 unspecified atom stereocenters. The van der Waals surface area contributed by atoms with E-state index in [0.29, 0.717) is 10.8 Å². The number of hydrogen-bond donors (Lipinski definition) is 1. The summed E-state index contributed by atoms with van der Waals surface area (Å²) in [6.45, 7) is 1.51. The molecule has 0 amide bonds. The Hall–Kier alpha value is -1.83. The van der Waals surface area contributed by atoms with Crippen molar-refractivity contribution in [2.45, 2.75) is 12.1 Å². The summed E-state index contributed by atoms with van der Waals surface area (Å²) in [6, 6.07) is 1.15. The molecule has 7 nitrogen and oxygen atoms in total. The second kappa shape index (κ2) is 3.63. The third-order valence-electron chi connectivity index (χ3n) is 2.20. The van der Waals surface area contributed by atoms with E-state index >= 15 is 0 Å². The molecule has 2 aromatic heterocycles. The zero-order chi connectivity index (χ0) is 11.9. The van der Waals surface area contributed by atoms with Crippen LogP contribution in [0.2, 0.25) is 0 Å². The first-order valence-corrected chi connectivity index (χ1v) is 5.58. The topological polar surface area (TPSA) is 93.3 Å². The molecule has 2 heterocycles. The Labute approximate surface area is 93.6 Å². The van der Waals surface area contributed by atoms with Gasteiger partial charge in [-0.2, -0.15) is 0 Å². The van der Waals surface area contributed by atoms with Crippen molar-refractivity contribution in [2.24, 2.45) is 0 Å². The number of hydrogen-bond acceptors (Lipinski definition) is 5. The maximum atomic E-state index is 11.5. The summed E-state index contributed by atoms with van der Waals surface area (Å²) >= 11 is 1.36. The molecular weight excluding hydrogens is 232 g/mol. The molecular formula is C8H8N4O3S. The van der Waals surface area contributed by atoms with Crippen LogP contribution < -0.4 is 5.43 Å². The Morgan fingerprint density at radius 3 is 2.88 bits per heavy atom. The number of nitro groups is 1. The van der Waals surface area contributed by atoms with E-state index in [9.17, 15) is 14.9 Å². The van der Waals surface area contributed by atoms with Crippen LogP contribution in [0.3, 0.4) is 0 Å². The van der Waals surface area contributed by atoms with Crippen LogP contribution in [0.15, 0.2) is 16.0 Å². The lowest BCUT2D eigenvalue weighted by Crippen LogP contribution is -2.12. The fourth-order valence-corrected chi connectivity index (χ4v) is 1.84. The summed E-state index contributed by atoms with van der Waals surface area (Å²) in [5, 5.41) is 14.2. The third kappa shape index (κ3) is 1.47. The van der Waals surface area contributed by atoms with E-state index in [-0.39, 0.29) is 5.69 Å². The monoisotopic (exact) mass is 240 g/mol. The predicted molar refractivity (Wildman–Crippen MR) is 59.0 cm³/mol. The van der Waals surface area contributed by atoms with E-state index in [2.05, 4.69) is 10.1 Å². The Kier molecular flexibility index (Phi) is 2.43. The predicted octanol–water partition coefficient (Wildman–Crippen LogP) is 0.961. The highest BCUT2D eigenvalue weighted by Crippen LogP contribution is 2.16. The highest BCUT2D eigenvalue weighted by atomic mass is 32.2. The molecule has 0 saturated carbocycles. The Bertz CT molecular complexity index is 630. The molecule has 2 aromatic rings. The van der Waals surface area contributed by atoms with E-state index < -0.39 is 16.0 Å². The fourth-order valence-electron chi connectivity index (χ4n) is 1.47. The van der Waals surface area contributed by atoms with Gasteiger partial charge in [0.1, 0.15) is 5.69 Å². The average molecular weight is 240 g/mol. The first-order valence-electron chi connectivity index (χ1n) is 4.35. The molecule has 0 spiro atoms. The molecule has 0 radical (unpaired) electrons. The van der Waals surface area contributed by atoms with Crippen molar-refractivity contribution in [3.8, 4) is 0 Å². The molecule has 16 heavy (non-hydrogen) atoms. The summed E-state index contributed by atoms with van der Waals surface area (Å²) in [5.41, 5.74) is -0.409. The van der Waals surface area contributed by atoms with Crippen LogP contribution >= 0.6 is 11.8 Å². The minimum Gasteiger partial charge on any atom is -0.282 e. The molecule has 1 N–H and O–H groups in total. The van der Waals surface area contributed by atoms with Crippen molar-refractivity contribution in [3.63, 3.8) is 0 Å². The number of nitrogens with one attached hydrogen (secondary N) is 1. The van der Waals surface area contributed by atoms with Gasteiger partial charge in [0.15, 0.2) is 10.8 Å². The first-order chi connectivity index (χ1) is 7.54. The van der Waals surface area contributed by atoms with Crippen molar-refractivity contribution in [1.29, 1.82) is 0 Å². The zero-order valence-corrected chi connectivity index (χ0v) is 9.37. The number of aromatic amines is 1. The van der Waals surface area contributed by atoms with Gasteiger partial charge in [0.25, 0.3) is 5.43 Å². The van der Waals surface area contributed by atoms with Crippen LogP contribution in [-0.4, -0.2) is 25.8 Å². The number of fused-ring (bicyclic) bond motifs is 1. The summed E-state index contributed by atoms with van der Waals surface area (Å²) in [4.78, 5) is 25.6. The molecule has 0 atom stereocenters. The Morgan fingerprint density at radius 2 is 2.31 bits per heavy atom. The SMILES string of the molecule is CSc1nc2cc(=O)c([N+](=O)[O-])c(C)n2[nH]1.